The zero-order chi connectivity index (χ0) is 18.9. The molecule has 0 spiro atoms. The van der Waals surface area contributed by atoms with Gasteiger partial charge in [0.2, 0.25) is 0 Å². The van der Waals surface area contributed by atoms with Gasteiger partial charge < -0.3 is 10.7 Å². The van der Waals surface area contributed by atoms with Crippen LogP contribution in [-0.2, 0) is 11.8 Å². The van der Waals surface area contributed by atoms with Crippen LogP contribution in [0.5, 0.6) is 0 Å². The number of nitrogens with one attached hydrogen (secondary N) is 1. The molecule has 2 nitrogen and oxygen atoms in total. The van der Waals surface area contributed by atoms with Gasteiger partial charge in [-0.15, -0.1) is 0 Å². The summed E-state index contributed by atoms with van der Waals surface area (Å²) in [6.45, 7) is 7.33. The molecule has 0 fully saturated rings. The van der Waals surface area contributed by atoms with Gasteiger partial charge in [-0.1, -0.05) is 38.4 Å². The molecular formula is C22H26ClFN2. The molecule has 0 atom stereocenters. The highest BCUT2D eigenvalue weighted by atomic mass is 35.5. The fourth-order valence-electron chi connectivity index (χ4n) is 3.34. The smallest absolute Gasteiger partial charge is 0.124 e. The molecule has 0 amide bonds. The van der Waals surface area contributed by atoms with Gasteiger partial charge in [-0.2, -0.15) is 0 Å². The van der Waals surface area contributed by atoms with Gasteiger partial charge >= 0.3 is 0 Å². The summed E-state index contributed by atoms with van der Waals surface area (Å²) >= 11 is 6.35. The number of aryl methyl sites for hydroxylation is 1. The van der Waals surface area contributed by atoms with E-state index in [2.05, 4.69) is 44.0 Å². The maximum Gasteiger partial charge on any atom is 0.124 e. The third kappa shape index (κ3) is 3.79. The molecule has 0 aliphatic rings. The SMILES string of the molecule is CC(C)(C)c1ccc2[nH]c(-c3ccc(F)cc3Cl)c(CCCCN)c2c1. The van der Waals surface area contributed by atoms with Crippen molar-refractivity contribution in [1.82, 2.24) is 4.98 Å². The van der Waals surface area contributed by atoms with Crippen LogP contribution in [0.3, 0.4) is 0 Å². The highest BCUT2D eigenvalue weighted by Crippen LogP contribution is 2.37. The average Bonchev–Trinajstić information content (AvgIpc) is 2.92. The van der Waals surface area contributed by atoms with E-state index in [1.54, 1.807) is 6.07 Å². The van der Waals surface area contributed by atoms with Crippen molar-refractivity contribution in [2.24, 2.45) is 5.73 Å². The second kappa shape index (κ2) is 7.42. The number of halogens is 2. The molecule has 138 valence electrons. The quantitative estimate of drug-likeness (QED) is 0.514. The fraction of sp³-hybridized carbons (Fsp3) is 0.364. The van der Waals surface area contributed by atoms with Crippen molar-refractivity contribution in [3.63, 3.8) is 0 Å². The van der Waals surface area contributed by atoms with Crippen LogP contribution in [0.4, 0.5) is 4.39 Å². The molecule has 0 bridgehead atoms. The van der Waals surface area contributed by atoms with Crippen LogP contribution in [0, 0.1) is 5.82 Å². The van der Waals surface area contributed by atoms with Crippen molar-refractivity contribution < 1.29 is 4.39 Å². The van der Waals surface area contributed by atoms with Gasteiger partial charge in [0, 0.05) is 16.5 Å². The Kier molecular flexibility index (Phi) is 5.40. The monoisotopic (exact) mass is 372 g/mol. The lowest BCUT2D eigenvalue weighted by Gasteiger charge is -2.19. The third-order valence-electron chi connectivity index (χ3n) is 4.85. The Morgan fingerprint density at radius 2 is 1.85 bits per heavy atom. The molecule has 26 heavy (non-hydrogen) atoms. The molecule has 0 unspecified atom stereocenters. The van der Waals surface area contributed by atoms with Crippen molar-refractivity contribution in [1.29, 1.82) is 0 Å². The van der Waals surface area contributed by atoms with Crippen LogP contribution < -0.4 is 5.73 Å². The molecule has 0 saturated carbocycles. The van der Waals surface area contributed by atoms with Gasteiger partial charge in [0.15, 0.2) is 0 Å². The maximum atomic E-state index is 13.5. The number of aromatic amines is 1. The van der Waals surface area contributed by atoms with Gasteiger partial charge in [0.1, 0.15) is 5.82 Å². The standard InChI is InChI=1S/C22H26ClFN2/c1-22(2,3)14-7-10-20-18(12-14)16(6-4-5-11-25)21(26-20)17-9-8-15(24)13-19(17)23/h7-10,12-13,26H,4-6,11,25H2,1-3H3. The Morgan fingerprint density at radius 1 is 1.08 bits per heavy atom. The first-order chi connectivity index (χ1) is 12.3. The highest BCUT2D eigenvalue weighted by molar-refractivity contribution is 6.33. The number of nitrogens with two attached hydrogens (primary N) is 1. The number of aromatic nitrogens is 1. The Labute approximate surface area is 159 Å². The summed E-state index contributed by atoms with van der Waals surface area (Å²) in [6.07, 6.45) is 2.89. The molecule has 0 aliphatic carbocycles. The van der Waals surface area contributed by atoms with Crippen molar-refractivity contribution in [3.05, 3.63) is 58.4 Å². The summed E-state index contributed by atoms with van der Waals surface area (Å²) in [7, 11) is 0. The molecule has 3 N–H and O–H groups in total. The van der Waals surface area contributed by atoms with Crippen molar-refractivity contribution in [2.45, 2.75) is 45.4 Å². The summed E-state index contributed by atoms with van der Waals surface area (Å²) in [5.41, 5.74) is 11.2. The molecule has 3 rings (SSSR count). The van der Waals surface area contributed by atoms with Crippen LogP contribution in [-0.4, -0.2) is 11.5 Å². The largest absolute Gasteiger partial charge is 0.354 e. The first-order valence-electron chi connectivity index (χ1n) is 9.12. The lowest BCUT2D eigenvalue weighted by atomic mass is 9.86. The second-order valence-electron chi connectivity index (χ2n) is 7.86. The fourth-order valence-corrected chi connectivity index (χ4v) is 3.60. The first-order valence-corrected chi connectivity index (χ1v) is 9.49. The molecular weight excluding hydrogens is 347 g/mol. The predicted molar refractivity (Wildman–Crippen MR) is 109 cm³/mol. The van der Waals surface area contributed by atoms with E-state index in [0.29, 0.717) is 11.6 Å². The van der Waals surface area contributed by atoms with Gasteiger partial charge in [-0.3, -0.25) is 0 Å². The van der Waals surface area contributed by atoms with E-state index in [1.807, 2.05) is 0 Å². The molecule has 1 heterocycles. The van der Waals surface area contributed by atoms with Crippen molar-refractivity contribution in [2.75, 3.05) is 6.54 Å². The number of fused-ring (bicyclic) bond motifs is 1. The van der Waals surface area contributed by atoms with Gasteiger partial charge in [0.25, 0.3) is 0 Å². The van der Waals surface area contributed by atoms with Gasteiger partial charge in [-0.05, 0) is 72.7 Å². The molecule has 1 aromatic heterocycles. The van der Waals surface area contributed by atoms with E-state index >= 15 is 0 Å². The summed E-state index contributed by atoms with van der Waals surface area (Å²) in [6, 6.07) is 11.1. The number of hydrogen-bond donors (Lipinski definition) is 2. The molecule has 0 radical (unpaired) electrons. The van der Waals surface area contributed by atoms with Crippen LogP contribution >= 0.6 is 11.6 Å². The Hall–Kier alpha value is -1.84. The lowest BCUT2D eigenvalue weighted by molar-refractivity contribution is 0.591. The normalized spacial score (nSPS) is 12.1. The molecule has 0 saturated heterocycles. The van der Waals surface area contributed by atoms with E-state index < -0.39 is 0 Å². The summed E-state index contributed by atoms with van der Waals surface area (Å²) in [4.78, 5) is 3.51. The number of benzene rings is 2. The Balaban J connectivity index is 2.19. The van der Waals surface area contributed by atoms with Crippen LogP contribution in [0.2, 0.25) is 5.02 Å². The van der Waals surface area contributed by atoms with Crippen molar-refractivity contribution >= 4 is 22.5 Å². The first kappa shape index (κ1) is 18.9. The van der Waals surface area contributed by atoms with Crippen molar-refractivity contribution in [3.8, 4) is 11.3 Å². The zero-order valence-corrected chi connectivity index (χ0v) is 16.4. The van der Waals surface area contributed by atoms with Crippen LogP contribution in [0.15, 0.2) is 36.4 Å². The number of H-pyrrole nitrogens is 1. The van der Waals surface area contributed by atoms with Crippen LogP contribution in [0.25, 0.3) is 22.2 Å². The topological polar surface area (TPSA) is 41.8 Å². The minimum atomic E-state index is -0.324. The number of unbranched alkanes of at least 4 members (excludes halogenated alkanes) is 1. The summed E-state index contributed by atoms with van der Waals surface area (Å²) in [5, 5.41) is 1.64. The van der Waals surface area contributed by atoms with E-state index in [-0.39, 0.29) is 11.2 Å². The van der Waals surface area contributed by atoms with Crippen LogP contribution in [0.1, 0.15) is 44.7 Å². The minimum absolute atomic E-state index is 0.0771. The third-order valence-corrected chi connectivity index (χ3v) is 5.17. The lowest BCUT2D eigenvalue weighted by Crippen LogP contribution is -2.10. The van der Waals surface area contributed by atoms with Gasteiger partial charge in [0.05, 0.1) is 10.7 Å². The number of hydrogen-bond acceptors (Lipinski definition) is 1. The zero-order valence-electron chi connectivity index (χ0n) is 15.6. The molecule has 4 heteroatoms. The summed E-state index contributed by atoms with van der Waals surface area (Å²) < 4.78 is 13.5. The predicted octanol–water partition coefficient (Wildman–Crippen LogP) is 6.21. The highest BCUT2D eigenvalue weighted by Gasteiger charge is 2.19. The maximum absolute atomic E-state index is 13.5. The van der Waals surface area contributed by atoms with E-state index in [4.69, 9.17) is 17.3 Å². The molecule has 2 aromatic carbocycles. The Bertz CT molecular complexity index is 922. The Morgan fingerprint density at radius 3 is 2.50 bits per heavy atom. The van der Waals surface area contributed by atoms with E-state index in [9.17, 15) is 4.39 Å². The minimum Gasteiger partial charge on any atom is -0.354 e. The van der Waals surface area contributed by atoms with E-state index in [0.717, 1.165) is 36.0 Å². The second-order valence-corrected chi connectivity index (χ2v) is 8.27. The van der Waals surface area contributed by atoms with E-state index in [1.165, 1.54) is 28.6 Å². The summed E-state index contributed by atoms with van der Waals surface area (Å²) in [5.74, 6) is -0.324. The van der Waals surface area contributed by atoms with Gasteiger partial charge in [-0.25, -0.2) is 4.39 Å². The molecule has 3 aromatic rings. The number of rotatable bonds is 5. The molecule has 0 aliphatic heterocycles. The average molecular weight is 373 g/mol.